The van der Waals surface area contributed by atoms with Gasteiger partial charge in [-0.25, -0.2) is 9.98 Å². The van der Waals surface area contributed by atoms with Crippen LogP contribution >= 0.6 is 11.3 Å². The molecule has 6 rings (SSSR count). The number of nitrogens with zero attached hydrogens (tertiary/aromatic N) is 2. The van der Waals surface area contributed by atoms with E-state index >= 15 is 0 Å². The minimum atomic E-state index is -0.616. The van der Waals surface area contributed by atoms with E-state index in [1.807, 2.05) is 55.5 Å². The number of allylic oxidation sites excluding steroid dienone is 1. The number of hydrogen-bond donors (Lipinski definition) is 1. The first-order valence-corrected chi connectivity index (χ1v) is 14.5. The molecule has 3 heterocycles. The van der Waals surface area contributed by atoms with Crippen molar-refractivity contribution in [3.05, 3.63) is 101 Å². The lowest BCUT2D eigenvalue weighted by Crippen LogP contribution is -2.38. The molecule has 0 saturated heterocycles. The van der Waals surface area contributed by atoms with Crippen molar-refractivity contribution in [3.63, 3.8) is 0 Å². The Kier molecular flexibility index (Phi) is 7.32. The second kappa shape index (κ2) is 11.2. The molecular formula is C33H29N3O4S. The summed E-state index contributed by atoms with van der Waals surface area (Å²) >= 11 is 1.40. The van der Waals surface area contributed by atoms with E-state index in [4.69, 9.17) is 4.74 Å². The SMILES string of the molecule is C=CC(=O)C[C@H]1CCC[C@H]1NC(=O)c1sc2cccc3c2c1C=NC(=O)C3c1ccc(Oc2ccccn2)cc1C. The van der Waals surface area contributed by atoms with Gasteiger partial charge in [0, 0.05) is 46.6 Å². The predicted octanol–water partition coefficient (Wildman–Crippen LogP) is 6.53. The summed E-state index contributed by atoms with van der Waals surface area (Å²) in [6, 6.07) is 16.9. The molecule has 8 heteroatoms. The van der Waals surface area contributed by atoms with Crippen molar-refractivity contribution in [2.75, 3.05) is 0 Å². The van der Waals surface area contributed by atoms with Crippen molar-refractivity contribution in [1.82, 2.24) is 10.3 Å². The molecule has 0 radical (unpaired) electrons. The highest BCUT2D eigenvalue weighted by atomic mass is 32.1. The summed E-state index contributed by atoms with van der Waals surface area (Å²) in [4.78, 5) is 48.2. The van der Waals surface area contributed by atoms with Gasteiger partial charge in [0.15, 0.2) is 5.78 Å². The van der Waals surface area contributed by atoms with Gasteiger partial charge in [-0.05, 0) is 72.7 Å². The van der Waals surface area contributed by atoms with Crippen LogP contribution in [0.3, 0.4) is 0 Å². The maximum absolute atomic E-state index is 13.6. The first kappa shape index (κ1) is 26.8. The standard InChI is InChI=1S/C33H29N3O4S/c1-3-21(37)17-20-8-6-10-26(20)36-33(39)31-25-18-35-32(38)30(24-9-7-11-27(41-31)29(24)25)23-14-13-22(16-19(23)2)40-28-12-4-5-15-34-28/h3-5,7,9,11-16,18,20,26,30H,1,6,8,10,17H2,2H3,(H,36,39)/t20-,26-,30?/m1/s1. The number of hydrogen-bond acceptors (Lipinski definition) is 6. The van der Waals surface area contributed by atoms with E-state index in [9.17, 15) is 14.4 Å². The fourth-order valence-electron chi connectivity index (χ4n) is 5.98. The molecule has 2 aromatic carbocycles. The Hall–Kier alpha value is -4.43. The van der Waals surface area contributed by atoms with Crippen LogP contribution in [0, 0.1) is 12.8 Å². The lowest BCUT2D eigenvalue weighted by molar-refractivity contribution is -0.118. The highest BCUT2D eigenvalue weighted by Gasteiger charge is 2.34. The molecule has 1 N–H and O–H groups in total. The number of thiophene rings is 1. The molecule has 7 nitrogen and oxygen atoms in total. The third-order valence-corrected chi connectivity index (χ3v) is 9.12. The van der Waals surface area contributed by atoms with Gasteiger partial charge in [0.05, 0.1) is 5.92 Å². The number of carbonyl (C=O) groups excluding carboxylic acids is 3. The first-order chi connectivity index (χ1) is 19.9. The summed E-state index contributed by atoms with van der Waals surface area (Å²) in [5.74, 6) is 0.116. The van der Waals surface area contributed by atoms with Crippen LogP contribution in [0.25, 0.3) is 10.1 Å². The summed E-state index contributed by atoms with van der Waals surface area (Å²) in [7, 11) is 0. The zero-order valence-electron chi connectivity index (χ0n) is 22.6. The quantitative estimate of drug-likeness (QED) is 0.246. The van der Waals surface area contributed by atoms with E-state index in [0.717, 1.165) is 46.0 Å². The van der Waals surface area contributed by atoms with Crippen molar-refractivity contribution in [1.29, 1.82) is 0 Å². The summed E-state index contributed by atoms with van der Waals surface area (Å²) < 4.78 is 6.82. The van der Waals surface area contributed by atoms with Gasteiger partial charge in [0.25, 0.3) is 11.8 Å². The number of benzene rings is 2. The van der Waals surface area contributed by atoms with Crippen LogP contribution in [-0.4, -0.2) is 34.8 Å². The Balaban J connectivity index is 1.33. The van der Waals surface area contributed by atoms with Gasteiger partial charge in [0.2, 0.25) is 5.88 Å². The molecular weight excluding hydrogens is 534 g/mol. The van der Waals surface area contributed by atoms with Crippen molar-refractivity contribution < 1.29 is 19.1 Å². The Morgan fingerprint density at radius 1 is 1.12 bits per heavy atom. The van der Waals surface area contributed by atoms with E-state index in [0.29, 0.717) is 28.5 Å². The second-order valence-corrected chi connectivity index (χ2v) is 11.6. The van der Waals surface area contributed by atoms with Crippen LogP contribution in [0.1, 0.15) is 63.5 Å². The lowest BCUT2D eigenvalue weighted by atomic mass is 9.86. The number of rotatable bonds is 8. The Morgan fingerprint density at radius 3 is 2.78 bits per heavy atom. The average Bonchev–Trinajstić information content (AvgIpc) is 3.53. The summed E-state index contributed by atoms with van der Waals surface area (Å²) in [5.41, 5.74) is 3.21. The fraction of sp³-hybridized carbons (Fsp3) is 0.242. The van der Waals surface area contributed by atoms with Gasteiger partial charge < -0.3 is 10.1 Å². The summed E-state index contributed by atoms with van der Waals surface area (Å²) in [6.07, 6.45) is 7.65. The molecule has 0 spiro atoms. The van der Waals surface area contributed by atoms with Crippen LogP contribution in [0.5, 0.6) is 11.6 Å². The first-order valence-electron chi connectivity index (χ1n) is 13.7. The van der Waals surface area contributed by atoms with E-state index in [2.05, 4.69) is 21.9 Å². The summed E-state index contributed by atoms with van der Waals surface area (Å²) in [5, 5.41) is 4.06. The largest absolute Gasteiger partial charge is 0.439 e. The number of carbonyl (C=O) groups is 3. The van der Waals surface area contributed by atoms with Crippen LogP contribution in [0.15, 0.2) is 78.4 Å². The Bertz CT molecular complexity index is 1710. The van der Waals surface area contributed by atoms with Gasteiger partial charge in [-0.2, -0.15) is 0 Å². The minimum Gasteiger partial charge on any atom is -0.439 e. The lowest BCUT2D eigenvalue weighted by Gasteiger charge is -2.20. The fourth-order valence-corrected chi connectivity index (χ4v) is 7.09. The van der Waals surface area contributed by atoms with Crippen molar-refractivity contribution in [3.8, 4) is 11.6 Å². The van der Waals surface area contributed by atoms with Crippen LogP contribution in [0.2, 0.25) is 0 Å². The van der Waals surface area contributed by atoms with Gasteiger partial charge >= 0.3 is 0 Å². The van der Waals surface area contributed by atoms with Crippen molar-refractivity contribution in [2.24, 2.45) is 10.9 Å². The molecule has 206 valence electrons. The molecule has 1 unspecified atom stereocenters. The number of ether oxygens (including phenoxy) is 1. The zero-order valence-corrected chi connectivity index (χ0v) is 23.4. The number of amides is 2. The van der Waals surface area contributed by atoms with Gasteiger partial charge in [-0.3, -0.25) is 14.4 Å². The highest BCUT2D eigenvalue weighted by Crippen LogP contribution is 2.42. The number of ketones is 1. The molecule has 3 atom stereocenters. The third kappa shape index (κ3) is 5.23. The van der Waals surface area contributed by atoms with Crippen molar-refractivity contribution in [2.45, 2.75) is 44.6 Å². The molecule has 2 aliphatic rings. The molecule has 1 saturated carbocycles. The Labute approximate surface area is 242 Å². The average molecular weight is 564 g/mol. The number of nitrogens with one attached hydrogen (secondary N) is 1. The van der Waals surface area contributed by atoms with Gasteiger partial charge in [-0.1, -0.05) is 37.3 Å². The topological polar surface area (TPSA) is 97.7 Å². The van der Waals surface area contributed by atoms with E-state index in [-0.39, 0.29) is 29.6 Å². The minimum absolute atomic E-state index is 0.00228. The number of pyridine rings is 1. The van der Waals surface area contributed by atoms with Crippen LogP contribution in [-0.2, 0) is 9.59 Å². The number of aliphatic imine (C=N–C) groups is 1. The van der Waals surface area contributed by atoms with Gasteiger partial charge in [-0.15, -0.1) is 11.3 Å². The highest BCUT2D eigenvalue weighted by molar-refractivity contribution is 7.21. The van der Waals surface area contributed by atoms with Crippen molar-refractivity contribution >= 4 is 45.2 Å². The number of aromatic nitrogens is 1. The summed E-state index contributed by atoms with van der Waals surface area (Å²) in [6.45, 7) is 5.53. The molecule has 2 aromatic heterocycles. The maximum Gasteiger partial charge on any atom is 0.262 e. The molecule has 1 fully saturated rings. The third-order valence-electron chi connectivity index (χ3n) is 7.95. The molecule has 4 aromatic rings. The predicted molar refractivity (Wildman–Crippen MR) is 160 cm³/mol. The molecule has 41 heavy (non-hydrogen) atoms. The molecule has 2 amide bonds. The Morgan fingerprint density at radius 2 is 2.00 bits per heavy atom. The smallest absolute Gasteiger partial charge is 0.262 e. The van der Waals surface area contributed by atoms with E-state index in [1.165, 1.54) is 17.4 Å². The van der Waals surface area contributed by atoms with E-state index < -0.39 is 5.92 Å². The molecule has 1 aliphatic carbocycles. The van der Waals surface area contributed by atoms with Crippen LogP contribution in [0.4, 0.5) is 0 Å². The van der Waals surface area contributed by atoms with Gasteiger partial charge in [0.1, 0.15) is 10.6 Å². The monoisotopic (exact) mass is 563 g/mol. The zero-order chi connectivity index (χ0) is 28.5. The van der Waals surface area contributed by atoms with Crippen LogP contribution < -0.4 is 10.1 Å². The molecule has 1 aliphatic heterocycles. The maximum atomic E-state index is 13.6. The van der Waals surface area contributed by atoms with E-state index in [1.54, 1.807) is 18.5 Å². The normalized spacial score (nSPS) is 19.6. The molecule has 0 bridgehead atoms. The second-order valence-electron chi connectivity index (χ2n) is 10.5. The number of aryl methyl sites for hydroxylation is 1.